The van der Waals surface area contributed by atoms with Crippen LogP contribution in [0.5, 0.6) is 0 Å². The van der Waals surface area contributed by atoms with Crippen LogP contribution in [-0.2, 0) is 9.26 Å². The van der Waals surface area contributed by atoms with Crippen molar-refractivity contribution in [2.24, 2.45) is 0 Å². The molecule has 0 aromatic rings. The van der Waals surface area contributed by atoms with Gasteiger partial charge in [0.2, 0.25) is 0 Å². The van der Waals surface area contributed by atoms with E-state index in [0.29, 0.717) is 5.95 Å². The van der Waals surface area contributed by atoms with Crippen molar-refractivity contribution in [3.63, 3.8) is 0 Å². The lowest BCUT2D eigenvalue weighted by molar-refractivity contribution is 0.0732. The quantitative estimate of drug-likeness (QED) is 0.682. The molecular weight excluding hydrogens is 221 g/mol. The summed E-state index contributed by atoms with van der Waals surface area (Å²) in [6, 6.07) is 0. The van der Waals surface area contributed by atoms with Gasteiger partial charge in [-0.25, -0.2) is 0 Å². The fraction of sp³-hybridized carbons (Fsp3) is 0.778. The third kappa shape index (κ3) is 2.93. The van der Waals surface area contributed by atoms with Gasteiger partial charge in [0.15, 0.2) is 0 Å². The fourth-order valence-corrected chi connectivity index (χ4v) is 3.00. The average molecular weight is 238 g/mol. The fourth-order valence-electron chi connectivity index (χ4n) is 1.00. The lowest BCUT2D eigenvalue weighted by Gasteiger charge is -2.31. The average Bonchev–Trinajstić information content (AvgIpc) is 2.27. The van der Waals surface area contributed by atoms with Crippen LogP contribution in [0.1, 0.15) is 34.6 Å². The molecule has 1 aliphatic heterocycles. The molecule has 0 aromatic carbocycles. The molecule has 1 atom stereocenters. The van der Waals surface area contributed by atoms with Crippen LogP contribution in [0.15, 0.2) is 12.1 Å². The standard InChI is InChI=1S/C9H17ClNO2P/c1-7(2)12-8-6-11(9(3,4)5)14(10)13-8/h6-7H,1-5H3. The molecule has 0 aliphatic carbocycles. The van der Waals surface area contributed by atoms with Gasteiger partial charge in [0, 0.05) is 5.54 Å². The maximum Gasteiger partial charge on any atom is 0.301 e. The summed E-state index contributed by atoms with van der Waals surface area (Å²) in [5, 5.41) is 0. The molecule has 5 heteroatoms. The van der Waals surface area contributed by atoms with Gasteiger partial charge in [-0.3, -0.25) is 0 Å². The number of halogens is 1. The molecule has 0 radical (unpaired) electrons. The summed E-state index contributed by atoms with van der Waals surface area (Å²) in [5.41, 5.74) is -0.0322. The molecule has 0 N–H and O–H groups in total. The van der Waals surface area contributed by atoms with E-state index in [0.717, 1.165) is 0 Å². The normalized spacial score (nSPS) is 22.4. The van der Waals surface area contributed by atoms with E-state index in [4.69, 9.17) is 20.5 Å². The highest BCUT2D eigenvalue weighted by molar-refractivity contribution is 7.78. The van der Waals surface area contributed by atoms with E-state index in [2.05, 4.69) is 20.8 Å². The zero-order valence-electron chi connectivity index (χ0n) is 9.24. The van der Waals surface area contributed by atoms with Crippen molar-refractivity contribution >= 4 is 18.9 Å². The highest BCUT2D eigenvalue weighted by Crippen LogP contribution is 2.56. The van der Waals surface area contributed by atoms with E-state index >= 15 is 0 Å². The van der Waals surface area contributed by atoms with Crippen LogP contribution < -0.4 is 0 Å². The Kier molecular flexibility index (Phi) is 3.54. The molecule has 0 aromatic heterocycles. The van der Waals surface area contributed by atoms with Gasteiger partial charge in [0.25, 0.3) is 7.65 Å². The second-order valence-corrected chi connectivity index (χ2v) is 6.38. The Balaban J connectivity index is 2.67. The first kappa shape index (κ1) is 11.9. The predicted molar refractivity (Wildman–Crippen MR) is 59.8 cm³/mol. The summed E-state index contributed by atoms with van der Waals surface area (Å²) in [7, 11) is -1.10. The first-order valence-corrected chi connectivity index (χ1v) is 6.74. The Morgan fingerprint density at radius 3 is 2.43 bits per heavy atom. The summed E-state index contributed by atoms with van der Waals surface area (Å²) in [4.78, 5) is 0. The predicted octanol–water partition coefficient (Wildman–Crippen LogP) is 3.81. The van der Waals surface area contributed by atoms with Crippen molar-refractivity contribution in [3.8, 4) is 0 Å². The first-order valence-electron chi connectivity index (χ1n) is 4.62. The summed E-state index contributed by atoms with van der Waals surface area (Å²) in [5.74, 6) is 0.524. The number of hydrogen-bond acceptors (Lipinski definition) is 3. The van der Waals surface area contributed by atoms with Gasteiger partial charge in [0.1, 0.15) is 0 Å². The third-order valence-corrected chi connectivity index (χ3v) is 3.68. The number of nitrogens with zero attached hydrogens (tertiary/aromatic N) is 1. The summed E-state index contributed by atoms with van der Waals surface area (Å²) >= 11 is 6.08. The molecule has 14 heavy (non-hydrogen) atoms. The second-order valence-electron chi connectivity index (χ2n) is 4.45. The van der Waals surface area contributed by atoms with Crippen LogP contribution in [0.25, 0.3) is 0 Å². The molecule has 82 valence electrons. The van der Waals surface area contributed by atoms with Gasteiger partial charge in [-0.1, -0.05) is 0 Å². The molecule has 1 rings (SSSR count). The van der Waals surface area contributed by atoms with E-state index in [-0.39, 0.29) is 11.6 Å². The Morgan fingerprint density at radius 1 is 1.50 bits per heavy atom. The first-order chi connectivity index (χ1) is 6.30. The number of hydrogen-bond donors (Lipinski definition) is 0. The van der Waals surface area contributed by atoms with E-state index in [1.165, 1.54) is 0 Å². The molecule has 0 amide bonds. The zero-order chi connectivity index (χ0) is 10.9. The number of ether oxygens (including phenoxy) is 1. The Labute approximate surface area is 91.7 Å². The van der Waals surface area contributed by atoms with Crippen LogP contribution in [0.4, 0.5) is 0 Å². The summed E-state index contributed by atoms with van der Waals surface area (Å²) in [6.45, 7) is 10.2. The monoisotopic (exact) mass is 237 g/mol. The van der Waals surface area contributed by atoms with E-state index < -0.39 is 7.65 Å². The van der Waals surface area contributed by atoms with Gasteiger partial charge in [-0.15, -0.1) is 0 Å². The minimum atomic E-state index is -1.10. The maximum atomic E-state index is 6.08. The molecule has 1 heterocycles. The van der Waals surface area contributed by atoms with Gasteiger partial charge < -0.3 is 13.9 Å². The molecule has 1 aliphatic rings. The largest absolute Gasteiger partial charge is 0.461 e. The SMILES string of the molecule is CC(C)OC1=CN(C(C)(C)C)P(Cl)O1. The number of rotatable bonds is 2. The Morgan fingerprint density at radius 2 is 2.07 bits per heavy atom. The summed E-state index contributed by atoms with van der Waals surface area (Å²) < 4.78 is 12.8. The van der Waals surface area contributed by atoms with E-state index in [1.54, 1.807) is 0 Å². The third-order valence-electron chi connectivity index (χ3n) is 1.60. The molecule has 0 fully saturated rings. The van der Waals surface area contributed by atoms with Crippen LogP contribution >= 0.6 is 18.9 Å². The molecule has 3 nitrogen and oxygen atoms in total. The van der Waals surface area contributed by atoms with Crippen molar-refractivity contribution in [1.29, 1.82) is 0 Å². The maximum absolute atomic E-state index is 6.08. The van der Waals surface area contributed by atoms with Gasteiger partial charge >= 0.3 is 5.95 Å². The molecule has 0 saturated carbocycles. The Bertz CT molecular complexity index is 237. The van der Waals surface area contributed by atoms with E-state index in [1.807, 2.05) is 24.7 Å². The van der Waals surface area contributed by atoms with Crippen molar-refractivity contribution in [1.82, 2.24) is 4.67 Å². The minimum Gasteiger partial charge on any atom is -0.461 e. The smallest absolute Gasteiger partial charge is 0.301 e. The van der Waals surface area contributed by atoms with Crippen molar-refractivity contribution in [3.05, 3.63) is 12.1 Å². The topological polar surface area (TPSA) is 21.7 Å². The van der Waals surface area contributed by atoms with Crippen LogP contribution in [0, 0.1) is 0 Å². The van der Waals surface area contributed by atoms with E-state index in [9.17, 15) is 0 Å². The van der Waals surface area contributed by atoms with Crippen LogP contribution in [0.2, 0.25) is 0 Å². The van der Waals surface area contributed by atoms with Crippen LogP contribution in [0.3, 0.4) is 0 Å². The molecule has 0 bridgehead atoms. The second kappa shape index (κ2) is 4.16. The summed E-state index contributed by atoms with van der Waals surface area (Å²) in [6.07, 6.45) is 1.96. The Hall–Kier alpha value is -0.140. The molecular formula is C9H17ClNO2P. The van der Waals surface area contributed by atoms with Gasteiger partial charge in [0.05, 0.1) is 12.3 Å². The highest BCUT2D eigenvalue weighted by Gasteiger charge is 2.34. The van der Waals surface area contributed by atoms with Crippen LogP contribution in [-0.4, -0.2) is 16.3 Å². The highest BCUT2D eigenvalue weighted by atomic mass is 35.7. The van der Waals surface area contributed by atoms with Gasteiger partial charge in [-0.05, 0) is 45.9 Å². The lowest BCUT2D eigenvalue weighted by atomic mass is 10.1. The van der Waals surface area contributed by atoms with Gasteiger partial charge in [-0.2, -0.15) is 0 Å². The van der Waals surface area contributed by atoms with Crippen molar-refractivity contribution < 1.29 is 9.26 Å². The zero-order valence-corrected chi connectivity index (χ0v) is 10.9. The molecule has 1 unspecified atom stereocenters. The van der Waals surface area contributed by atoms with Crippen molar-refractivity contribution in [2.45, 2.75) is 46.3 Å². The molecule has 0 spiro atoms. The lowest BCUT2D eigenvalue weighted by Crippen LogP contribution is -2.30. The van der Waals surface area contributed by atoms with Crippen molar-refractivity contribution in [2.75, 3.05) is 0 Å². The molecule has 0 saturated heterocycles. The minimum absolute atomic E-state index is 0.0322.